The summed E-state index contributed by atoms with van der Waals surface area (Å²) in [5.74, 6) is -0.739. The summed E-state index contributed by atoms with van der Waals surface area (Å²) in [5.41, 5.74) is 1.51. The summed E-state index contributed by atoms with van der Waals surface area (Å²) in [6, 6.07) is 19.9. The van der Waals surface area contributed by atoms with E-state index < -0.39 is 16.8 Å². The van der Waals surface area contributed by atoms with Gasteiger partial charge in [0.05, 0.1) is 12.5 Å². The molecule has 1 fully saturated rings. The van der Waals surface area contributed by atoms with E-state index >= 15 is 0 Å². The SMILES string of the molecule is COC(=O)[C@]12C(=O)[C@](C)(C(c3ccccc3)=C1c1ccccc1)[C@H]1C=CC=C[C@@H]2C1. The van der Waals surface area contributed by atoms with E-state index in [4.69, 9.17) is 4.74 Å². The van der Waals surface area contributed by atoms with Crippen LogP contribution in [-0.2, 0) is 14.3 Å². The fourth-order valence-corrected chi connectivity index (χ4v) is 5.91. The number of esters is 1. The molecule has 3 aliphatic carbocycles. The number of ketones is 1. The van der Waals surface area contributed by atoms with E-state index in [1.807, 2.05) is 85.8 Å². The summed E-state index contributed by atoms with van der Waals surface area (Å²) in [6.45, 7) is 2.02. The summed E-state index contributed by atoms with van der Waals surface area (Å²) in [6.07, 6.45) is 8.86. The molecule has 5 rings (SSSR count). The van der Waals surface area contributed by atoms with Crippen molar-refractivity contribution in [2.24, 2.45) is 22.7 Å². The molecule has 0 spiro atoms. The molecule has 0 heterocycles. The summed E-state index contributed by atoms with van der Waals surface area (Å²) in [7, 11) is 1.38. The molecule has 0 aliphatic heterocycles. The molecule has 3 heteroatoms. The van der Waals surface area contributed by atoms with Crippen molar-refractivity contribution in [2.75, 3.05) is 7.11 Å². The molecule has 4 bridgehead atoms. The third-order valence-corrected chi connectivity index (χ3v) is 7.23. The Morgan fingerprint density at radius 3 is 1.97 bits per heavy atom. The Balaban J connectivity index is 1.96. The molecule has 2 aromatic carbocycles. The molecule has 0 radical (unpaired) electrons. The zero-order valence-electron chi connectivity index (χ0n) is 17.2. The van der Waals surface area contributed by atoms with E-state index in [0.29, 0.717) is 0 Å². The predicted octanol–water partition coefficient (Wildman–Crippen LogP) is 5.11. The van der Waals surface area contributed by atoms with Crippen LogP contribution in [0.1, 0.15) is 24.5 Å². The quantitative estimate of drug-likeness (QED) is 0.535. The highest BCUT2D eigenvalue weighted by Crippen LogP contribution is 2.69. The van der Waals surface area contributed by atoms with Gasteiger partial charge in [0, 0.05) is 5.92 Å². The number of benzene rings is 2. The average Bonchev–Trinajstić information content (AvgIpc) is 2.96. The smallest absolute Gasteiger partial charge is 0.324 e. The van der Waals surface area contributed by atoms with E-state index in [-0.39, 0.29) is 17.6 Å². The van der Waals surface area contributed by atoms with Crippen LogP contribution < -0.4 is 0 Å². The molecular formula is C27H24O3. The second kappa shape index (κ2) is 6.66. The Morgan fingerprint density at radius 1 is 0.867 bits per heavy atom. The molecule has 3 aliphatic rings. The topological polar surface area (TPSA) is 43.4 Å². The molecule has 1 saturated carbocycles. The number of ether oxygens (including phenoxy) is 1. The Labute approximate surface area is 176 Å². The van der Waals surface area contributed by atoms with Gasteiger partial charge in [-0.3, -0.25) is 9.59 Å². The van der Waals surface area contributed by atoms with Crippen molar-refractivity contribution in [1.29, 1.82) is 0 Å². The van der Waals surface area contributed by atoms with Crippen LogP contribution in [0.4, 0.5) is 0 Å². The first-order chi connectivity index (χ1) is 14.6. The first-order valence-corrected chi connectivity index (χ1v) is 10.4. The minimum atomic E-state index is -1.34. The lowest BCUT2D eigenvalue weighted by Crippen LogP contribution is -2.54. The fourth-order valence-electron chi connectivity index (χ4n) is 5.91. The molecule has 0 saturated heterocycles. The maximum absolute atomic E-state index is 14.4. The largest absolute Gasteiger partial charge is 0.468 e. The van der Waals surface area contributed by atoms with Crippen molar-refractivity contribution < 1.29 is 14.3 Å². The molecule has 0 N–H and O–H groups in total. The van der Waals surface area contributed by atoms with Gasteiger partial charge in [-0.2, -0.15) is 0 Å². The Kier molecular flexibility index (Phi) is 4.18. The van der Waals surface area contributed by atoms with Crippen LogP contribution in [0.25, 0.3) is 11.1 Å². The Bertz CT molecular complexity index is 1110. The van der Waals surface area contributed by atoms with Gasteiger partial charge >= 0.3 is 5.97 Å². The normalized spacial score (nSPS) is 31.6. The molecule has 30 heavy (non-hydrogen) atoms. The van der Waals surface area contributed by atoms with E-state index in [9.17, 15) is 9.59 Å². The number of carbonyl (C=O) groups is 2. The Hall–Kier alpha value is -3.20. The lowest BCUT2D eigenvalue weighted by molar-refractivity contribution is -0.161. The highest BCUT2D eigenvalue weighted by molar-refractivity contribution is 6.30. The number of carbonyl (C=O) groups excluding carboxylic acids is 2. The van der Waals surface area contributed by atoms with Crippen LogP contribution >= 0.6 is 0 Å². The molecule has 3 nitrogen and oxygen atoms in total. The van der Waals surface area contributed by atoms with Gasteiger partial charge in [0.2, 0.25) is 0 Å². The predicted molar refractivity (Wildman–Crippen MR) is 117 cm³/mol. The molecule has 150 valence electrons. The number of fused-ring (bicyclic) bond motifs is 6. The van der Waals surface area contributed by atoms with Gasteiger partial charge in [-0.1, -0.05) is 85.0 Å². The number of hydrogen-bond acceptors (Lipinski definition) is 3. The number of rotatable bonds is 3. The van der Waals surface area contributed by atoms with Crippen molar-refractivity contribution >= 4 is 22.9 Å². The fraction of sp³-hybridized carbons (Fsp3) is 0.259. The lowest BCUT2D eigenvalue weighted by atomic mass is 9.55. The summed E-state index contributed by atoms with van der Waals surface area (Å²) >= 11 is 0. The Morgan fingerprint density at radius 2 is 1.40 bits per heavy atom. The third kappa shape index (κ3) is 2.21. The van der Waals surface area contributed by atoms with Crippen molar-refractivity contribution in [3.05, 3.63) is 96.1 Å². The number of allylic oxidation sites excluding steroid dienone is 5. The van der Waals surface area contributed by atoms with Gasteiger partial charge in [-0.15, -0.1) is 0 Å². The van der Waals surface area contributed by atoms with Crippen molar-refractivity contribution in [1.82, 2.24) is 0 Å². The molecule has 0 amide bonds. The third-order valence-electron chi connectivity index (χ3n) is 7.23. The van der Waals surface area contributed by atoms with Crippen molar-refractivity contribution in [2.45, 2.75) is 13.3 Å². The molecule has 4 atom stereocenters. The van der Waals surface area contributed by atoms with Crippen LogP contribution in [0.3, 0.4) is 0 Å². The van der Waals surface area contributed by atoms with Gasteiger partial charge in [0.1, 0.15) is 0 Å². The van der Waals surface area contributed by atoms with Gasteiger partial charge in [-0.05, 0) is 41.5 Å². The van der Waals surface area contributed by atoms with Gasteiger partial charge < -0.3 is 4.74 Å². The van der Waals surface area contributed by atoms with Gasteiger partial charge in [0.15, 0.2) is 11.2 Å². The second-order valence-electron chi connectivity index (χ2n) is 8.53. The van der Waals surface area contributed by atoms with Crippen LogP contribution in [0.15, 0.2) is 85.0 Å². The first kappa shape index (κ1) is 18.8. The molecule has 0 aromatic heterocycles. The zero-order valence-corrected chi connectivity index (χ0v) is 17.2. The highest BCUT2D eigenvalue weighted by Gasteiger charge is 2.71. The van der Waals surface area contributed by atoms with E-state index in [1.54, 1.807) is 0 Å². The van der Waals surface area contributed by atoms with E-state index in [2.05, 4.69) is 6.08 Å². The molecule has 2 aromatic rings. The average molecular weight is 396 g/mol. The van der Waals surface area contributed by atoms with Crippen molar-refractivity contribution in [3.8, 4) is 0 Å². The van der Waals surface area contributed by atoms with Gasteiger partial charge in [-0.25, -0.2) is 0 Å². The van der Waals surface area contributed by atoms with E-state index in [1.165, 1.54) is 7.11 Å². The second-order valence-corrected chi connectivity index (χ2v) is 8.53. The summed E-state index contributed by atoms with van der Waals surface area (Å²) < 4.78 is 5.35. The minimum absolute atomic E-state index is 0.0131. The first-order valence-electron chi connectivity index (χ1n) is 10.4. The maximum atomic E-state index is 14.4. The van der Waals surface area contributed by atoms with Crippen LogP contribution in [0, 0.1) is 22.7 Å². The van der Waals surface area contributed by atoms with Gasteiger partial charge in [0.25, 0.3) is 0 Å². The minimum Gasteiger partial charge on any atom is -0.468 e. The zero-order chi connectivity index (χ0) is 20.9. The maximum Gasteiger partial charge on any atom is 0.324 e. The number of hydrogen-bond donors (Lipinski definition) is 0. The van der Waals surface area contributed by atoms with Crippen molar-refractivity contribution in [3.63, 3.8) is 0 Å². The highest BCUT2D eigenvalue weighted by atomic mass is 16.5. The number of methoxy groups -OCH3 is 1. The van der Waals surface area contributed by atoms with Crippen LogP contribution in [0.5, 0.6) is 0 Å². The molecule has 0 unspecified atom stereocenters. The van der Waals surface area contributed by atoms with Crippen LogP contribution in [0.2, 0.25) is 0 Å². The van der Waals surface area contributed by atoms with Crippen LogP contribution in [-0.4, -0.2) is 18.9 Å². The van der Waals surface area contributed by atoms with E-state index in [0.717, 1.165) is 28.7 Å². The lowest BCUT2D eigenvalue weighted by Gasteiger charge is -2.45. The molecular weight excluding hydrogens is 372 g/mol. The summed E-state index contributed by atoms with van der Waals surface area (Å²) in [4.78, 5) is 27.9. The monoisotopic (exact) mass is 396 g/mol. The summed E-state index contributed by atoms with van der Waals surface area (Å²) in [5, 5.41) is 0. The standard InChI is InChI=1S/C27H24O3/c1-26-20-15-9-10-16-21(17-20)27(24(26)28,25(29)30-2)23(19-13-7-4-8-14-19)22(26)18-11-5-3-6-12-18/h3-16,20-21H,17H2,1-2H3/t20-,21+,26-,27-/m0/s1. The number of Topliss-reactive ketones (excluding diaryl/α,β-unsaturated/α-hetero) is 1.